The van der Waals surface area contributed by atoms with Crippen molar-refractivity contribution in [1.82, 2.24) is 19.8 Å². The van der Waals surface area contributed by atoms with E-state index in [0.29, 0.717) is 0 Å². The first-order valence-electron chi connectivity index (χ1n) is 8.65. The van der Waals surface area contributed by atoms with Crippen LogP contribution in [0.5, 0.6) is 11.5 Å². The number of aromatic hydroxyl groups is 2. The van der Waals surface area contributed by atoms with E-state index in [1.807, 2.05) is 0 Å². The van der Waals surface area contributed by atoms with E-state index in [4.69, 9.17) is 4.74 Å². The first-order chi connectivity index (χ1) is 13.7. The molecule has 2 heterocycles. The fourth-order valence-electron chi connectivity index (χ4n) is 2.36. The van der Waals surface area contributed by atoms with E-state index >= 15 is 0 Å². The fourth-order valence-corrected chi connectivity index (χ4v) is 2.36. The monoisotopic (exact) mass is 406 g/mol. The van der Waals surface area contributed by atoms with Gasteiger partial charge in [0.2, 0.25) is 0 Å². The van der Waals surface area contributed by atoms with Crippen LogP contribution in [0.25, 0.3) is 0 Å². The lowest BCUT2D eigenvalue weighted by Crippen LogP contribution is -2.31. The molecule has 0 aliphatic rings. The second-order valence-corrected chi connectivity index (χ2v) is 6.11. The van der Waals surface area contributed by atoms with Crippen molar-refractivity contribution in [2.24, 2.45) is 14.1 Å². The number of amides is 2. The van der Waals surface area contributed by atoms with Crippen LogP contribution in [-0.4, -0.2) is 57.5 Å². The summed E-state index contributed by atoms with van der Waals surface area (Å²) in [7, 11) is 2.91. The normalized spacial score (nSPS) is 10.6. The molecule has 2 aromatic heterocycles. The molecule has 0 aliphatic carbocycles. The fraction of sp³-hybridized carbons (Fsp3) is 0.333. The molecule has 0 saturated heterocycles. The van der Waals surface area contributed by atoms with Crippen molar-refractivity contribution >= 4 is 11.8 Å². The molecule has 0 atom stereocenters. The third-order valence-electron chi connectivity index (χ3n) is 4.04. The molecule has 2 rings (SSSR count). The van der Waals surface area contributed by atoms with Crippen LogP contribution in [0.15, 0.2) is 34.1 Å². The number of hydrogen-bond acceptors (Lipinski definition) is 7. The number of rotatable bonds is 8. The number of pyridine rings is 2. The van der Waals surface area contributed by atoms with Crippen LogP contribution in [0.1, 0.15) is 20.7 Å². The number of carbonyl (C=O) groups excluding carboxylic acids is 2. The lowest BCUT2D eigenvalue weighted by Gasteiger charge is -2.09. The minimum Gasteiger partial charge on any atom is -0.502 e. The van der Waals surface area contributed by atoms with E-state index in [9.17, 15) is 29.4 Å². The van der Waals surface area contributed by atoms with Gasteiger partial charge < -0.3 is 34.7 Å². The Morgan fingerprint density at radius 2 is 1.24 bits per heavy atom. The molecule has 0 aliphatic heterocycles. The van der Waals surface area contributed by atoms with Gasteiger partial charge in [0, 0.05) is 39.6 Å². The minimum atomic E-state index is -0.674. The molecule has 11 nitrogen and oxygen atoms in total. The molecule has 0 spiro atoms. The summed E-state index contributed by atoms with van der Waals surface area (Å²) in [4.78, 5) is 47.1. The third kappa shape index (κ3) is 5.23. The molecule has 11 heteroatoms. The van der Waals surface area contributed by atoms with E-state index in [0.717, 1.165) is 9.13 Å². The Hall–Kier alpha value is -3.60. The van der Waals surface area contributed by atoms with Gasteiger partial charge in [0.25, 0.3) is 22.9 Å². The SMILES string of the molecule is Cn1ccc(C(=O)NCCOCCNC(=O)c2ccn(C)c(=O)c2O)c(O)c1=O. The van der Waals surface area contributed by atoms with Crippen LogP contribution in [0, 0.1) is 0 Å². The maximum absolute atomic E-state index is 12.0. The molecule has 29 heavy (non-hydrogen) atoms. The number of aryl methyl sites for hydroxylation is 2. The van der Waals surface area contributed by atoms with Gasteiger partial charge in [-0.2, -0.15) is 0 Å². The largest absolute Gasteiger partial charge is 0.502 e. The second-order valence-electron chi connectivity index (χ2n) is 6.11. The van der Waals surface area contributed by atoms with E-state index in [1.54, 1.807) is 0 Å². The molecule has 0 fully saturated rings. The van der Waals surface area contributed by atoms with E-state index < -0.39 is 34.4 Å². The van der Waals surface area contributed by atoms with Crippen LogP contribution in [0.2, 0.25) is 0 Å². The van der Waals surface area contributed by atoms with Gasteiger partial charge >= 0.3 is 0 Å². The number of ether oxygens (including phenoxy) is 1. The van der Waals surface area contributed by atoms with Gasteiger partial charge in [0.05, 0.1) is 24.3 Å². The van der Waals surface area contributed by atoms with Gasteiger partial charge in [-0.3, -0.25) is 19.2 Å². The molecule has 4 N–H and O–H groups in total. The maximum Gasteiger partial charge on any atom is 0.293 e. The Morgan fingerprint density at radius 3 is 1.62 bits per heavy atom. The van der Waals surface area contributed by atoms with Crippen LogP contribution < -0.4 is 21.8 Å². The maximum atomic E-state index is 12.0. The third-order valence-corrected chi connectivity index (χ3v) is 4.04. The van der Waals surface area contributed by atoms with E-state index in [-0.39, 0.29) is 37.4 Å². The summed E-state index contributed by atoms with van der Waals surface area (Å²) < 4.78 is 7.56. The molecular weight excluding hydrogens is 384 g/mol. The van der Waals surface area contributed by atoms with Crippen molar-refractivity contribution in [2.45, 2.75) is 0 Å². The standard InChI is InChI=1S/C18H22N4O7/c1-21-7-3-11(13(23)17(21)27)15(25)19-5-9-29-10-6-20-16(26)12-4-8-22(2)18(28)14(12)24/h3-4,7-8,23-24H,5-6,9-10H2,1-2H3,(H,19,25)(H,20,26). The molecule has 156 valence electrons. The highest BCUT2D eigenvalue weighted by atomic mass is 16.5. The molecule has 0 aromatic carbocycles. The van der Waals surface area contributed by atoms with Gasteiger partial charge in [0.15, 0.2) is 11.5 Å². The predicted octanol–water partition coefficient (Wildman–Crippen LogP) is -1.33. The molecule has 0 bridgehead atoms. The average Bonchev–Trinajstić information content (AvgIpc) is 2.69. The molecule has 2 amide bonds. The number of carbonyl (C=O) groups is 2. The van der Waals surface area contributed by atoms with Crippen molar-refractivity contribution in [3.63, 3.8) is 0 Å². The number of nitrogens with one attached hydrogen (secondary N) is 2. The molecule has 2 aromatic rings. The summed E-state index contributed by atoms with van der Waals surface area (Å²) >= 11 is 0. The average molecular weight is 406 g/mol. The molecule has 0 unspecified atom stereocenters. The Morgan fingerprint density at radius 1 is 0.862 bits per heavy atom. The van der Waals surface area contributed by atoms with Crippen LogP contribution >= 0.6 is 0 Å². The van der Waals surface area contributed by atoms with Crippen molar-refractivity contribution in [3.8, 4) is 11.5 Å². The second kappa shape index (κ2) is 9.55. The van der Waals surface area contributed by atoms with Crippen LogP contribution in [-0.2, 0) is 18.8 Å². The topological polar surface area (TPSA) is 152 Å². The lowest BCUT2D eigenvalue weighted by atomic mass is 10.2. The Balaban J connectivity index is 1.70. The van der Waals surface area contributed by atoms with Gasteiger partial charge in [-0.05, 0) is 12.1 Å². The Labute approximate surface area is 165 Å². The van der Waals surface area contributed by atoms with Crippen molar-refractivity contribution in [3.05, 3.63) is 56.4 Å². The molecule has 0 radical (unpaired) electrons. The first kappa shape index (κ1) is 21.7. The van der Waals surface area contributed by atoms with Crippen molar-refractivity contribution in [1.29, 1.82) is 0 Å². The van der Waals surface area contributed by atoms with Gasteiger partial charge in [0.1, 0.15) is 0 Å². The molecular formula is C18H22N4O7. The summed E-state index contributed by atoms with van der Waals surface area (Å²) in [6.07, 6.45) is 2.74. The molecule has 0 saturated carbocycles. The lowest BCUT2D eigenvalue weighted by molar-refractivity contribution is 0.0890. The summed E-state index contributed by atoms with van der Waals surface area (Å²) in [6.45, 7) is 0.503. The Kier molecular flexibility index (Phi) is 7.15. The van der Waals surface area contributed by atoms with E-state index in [1.165, 1.54) is 38.6 Å². The summed E-state index contributed by atoms with van der Waals surface area (Å²) in [5, 5.41) is 24.4. The van der Waals surface area contributed by atoms with Crippen molar-refractivity contribution < 1.29 is 24.5 Å². The van der Waals surface area contributed by atoms with Gasteiger partial charge in [-0.15, -0.1) is 0 Å². The number of nitrogens with zero attached hydrogens (tertiary/aromatic N) is 2. The predicted molar refractivity (Wildman–Crippen MR) is 102 cm³/mol. The highest BCUT2D eigenvalue weighted by Crippen LogP contribution is 2.10. The smallest absolute Gasteiger partial charge is 0.293 e. The van der Waals surface area contributed by atoms with Crippen LogP contribution in [0.3, 0.4) is 0 Å². The summed E-state index contributed by atoms with van der Waals surface area (Å²) in [5.74, 6) is -2.48. The minimum absolute atomic E-state index is 0.122. The van der Waals surface area contributed by atoms with E-state index in [2.05, 4.69) is 10.6 Å². The zero-order valence-electron chi connectivity index (χ0n) is 16.0. The summed E-state index contributed by atoms with van der Waals surface area (Å²) in [5.41, 5.74) is -1.61. The van der Waals surface area contributed by atoms with Gasteiger partial charge in [-0.25, -0.2) is 0 Å². The number of hydrogen-bond donors (Lipinski definition) is 4. The first-order valence-corrected chi connectivity index (χ1v) is 8.65. The highest BCUT2D eigenvalue weighted by molar-refractivity contribution is 5.97. The van der Waals surface area contributed by atoms with Crippen LogP contribution in [0.4, 0.5) is 0 Å². The van der Waals surface area contributed by atoms with Gasteiger partial charge in [-0.1, -0.05) is 0 Å². The number of aromatic nitrogens is 2. The highest BCUT2D eigenvalue weighted by Gasteiger charge is 2.15. The zero-order valence-corrected chi connectivity index (χ0v) is 16.0. The summed E-state index contributed by atoms with van der Waals surface area (Å²) in [6, 6.07) is 2.66. The quantitative estimate of drug-likeness (QED) is 0.397. The van der Waals surface area contributed by atoms with Crippen molar-refractivity contribution in [2.75, 3.05) is 26.3 Å². The zero-order chi connectivity index (χ0) is 21.6. The Bertz CT molecular complexity index is 944.